The van der Waals surface area contributed by atoms with Crippen molar-refractivity contribution in [1.82, 2.24) is 0 Å². The van der Waals surface area contributed by atoms with Gasteiger partial charge in [-0.3, -0.25) is 18.6 Å². The second-order valence-electron chi connectivity index (χ2n) is 24.0. The smallest absolute Gasteiger partial charge is 0.462 e. The minimum atomic E-state index is -5.76. The third-order valence-electron chi connectivity index (χ3n) is 16.5. The number of aliphatic hydroxyl groups excluding tert-OH is 14. The molecule has 4 rings (SSSR count). The number of phosphoric ester groups is 1. The highest BCUT2D eigenvalue weighted by Crippen LogP contribution is 2.49. The van der Waals surface area contributed by atoms with Crippen molar-refractivity contribution in [3.8, 4) is 0 Å². The number of esters is 2. The van der Waals surface area contributed by atoms with Crippen molar-refractivity contribution in [3.05, 3.63) is 36.5 Å². The second-order valence-corrected chi connectivity index (χ2v) is 25.4. The zero-order valence-electron chi connectivity index (χ0n) is 52.8. The van der Waals surface area contributed by atoms with E-state index in [1.54, 1.807) is 0 Å². The molecule has 1 saturated carbocycles. The molecule has 23 atom stereocenters. The summed E-state index contributed by atoms with van der Waals surface area (Å²) in [5.41, 5.74) is 0. The number of unbranched alkanes of at least 4 members (excludes halogenated alkanes) is 18. The number of phosphoric acid groups is 1. The highest BCUT2D eigenvalue weighted by molar-refractivity contribution is 7.47. The van der Waals surface area contributed by atoms with Crippen LogP contribution in [0.1, 0.15) is 174 Å². The lowest BCUT2D eigenvalue weighted by Gasteiger charge is -2.49. The zero-order valence-corrected chi connectivity index (χ0v) is 53.7. The molecule has 10 unspecified atom stereocenters. The Kier molecular flexibility index (Phi) is 39.4. The monoisotopic (exact) mass is 1330 g/mol. The van der Waals surface area contributed by atoms with E-state index in [0.717, 1.165) is 83.5 Å². The summed E-state index contributed by atoms with van der Waals surface area (Å²) < 4.78 is 69.8. The van der Waals surface area contributed by atoms with Gasteiger partial charge in [-0.25, -0.2) is 4.57 Å². The lowest BCUT2D eigenvalue weighted by Crippen LogP contribution is -2.69. The van der Waals surface area contributed by atoms with Gasteiger partial charge in [0, 0.05) is 12.8 Å². The van der Waals surface area contributed by atoms with E-state index in [1.165, 1.54) is 44.9 Å². The Bertz CT molecular complexity index is 2110. The van der Waals surface area contributed by atoms with Gasteiger partial charge < -0.3 is 114 Å². The number of hydrogen-bond acceptors (Lipinski definition) is 27. The Morgan fingerprint density at radius 2 is 0.846 bits per heavy atom. The fourth-order valence-corrected chi connectivity index (χ4v) is 11.8. The van der Waals surface area contributed by atoms with Gasteiger partial charge in [0.15, 0.2) is 25.0 Å². The molecule has 91 heavy (non-hydrogen) atoms. The summed E-state index contributed by atoms with van der Waals surface area (Å²) >= 11 is 0. The van der Waals surface area contributed by atoms with Crippen LogP contribution in [0.4, 0.5) is 0 Å². The first-order valence-electron chi connectivity index (χ1n) is 32.8. The number of carbonyl (C=O) groups excluding carboxylic acids is 2. The molecule has 15 N–H and O–H groups in total. The highest BCUT2D eigenvalue weighted by atomic mass is 31.2. The van der Waals surface area contributed by atoms with E-state index in [-0.39, 0.29) is 12.8 Å². The van der Waals surface area contributed by atoms with Gasteiger partial charge in [0.25, 0.3) is 0 Å². The first-order valence-corrected chi connectivity index (χ1v) is 34.3. The molecule has 0 amide bonds. The molecule has 3 saturated heterocycles. The van der Waals surface area contributed by atoms with Gasteiger partial charge in [-0.1, -0.05) is 134 Å². The van der Waals surface area contributed by atoms with Crippen LogP contribution >= 0.6 is 7.82 Å². The molecule has 0 radical (unpaired) electrons. The molecule has 0 aromatic rings. The lowest BCUT2D eigenvalue weighted by molar-refractivity contribution is -0.364. The van der Waals surface area contributed by atoms with Gasteiger partial charge in [0.2, 0.25) is 0 Å². The van der Waals surface area contributed by atoms with Crippen molar-refractivity contribution >= 4 is 19.8 Å². The lowest BCUT2D eigenvalue weighted by atomic mass is 9.84. The SMILES string of the molecule is CCC/C=C\C/C=C\CCCCCCCC(=O)O[C@H](COC(=O)CCCCCCC/C=C\CCCCCCCCC)COP(=O)(O)O[C@@H]1C(O[C@@H]2OC(CO[C@@H]3OC(CO)[C@H](O)C(O)[C@@H]3O)[C@H](O)C(O)[C@@H]2O)C(O)[C@@H](O)C(O)[C@H]1O[C@H]1OC(CO)[C@@H](O)C(O)[C@H]1O. The van der Waals surface area contributed by atoms with Gasteiger partial charge in [-0.05, 0) is 64.2 Å². The van der Waals surface area contributed by atoms with Gasteiger partial charge in [0.1, 0.15) is 116 Å². The average Bonchev–Trinajstić information content (AvgIpc) is 1.05. The van der Waals surface area contributed by atoms with Crippen LogP contribution in [0.25, 0.3) is 0 Å². The molecule has 1 aliphatic carbocycles. The van der Waals surface area contributed by atoms with Gasteiger partial charge in [-0.15, -0.1) is 0 Å². The molecular weight excluding hydrogens is 1220 g/mol. The van der Waals surface area contributed by atoms with Crippen LogP contribution in [0, 0.1) is 0 Å². The van der Waals surface area contributed by atoms with E-state index in [1.807, 2.05) is 0 Å². The van der Waals surface area contributed by atoms with E-state index in [9.17, 15) is 90.5 Å². The molecule has 0 aromatic carbocycles. The largest absolute Gasteiger partial charge is 0.472 e. The maximum atomic E-state index is 14.3. The van der Waals surface area contributed by atoms with E-state index in [4.69, 9.17) is 46.9 Å². The number of carbonyl (C=O) groups is 2. The Balaban J connectivity index is 1.48. The quantitative estimate of drug-likeness (QED) is 0.0178. The summed E-state index contributed by atoms with van der Waals surface area (Å²) in [5.74, 6) is -1.43. The minimum absolute atomic E-state index is 0.00406. The molecule has 0 spiro atoms. The number of hydrogen-bond donors (Lipinski definition) is 15. The first kappa shape index (κ1) is 80.9. The zero-order chi connectivity index (χ0) is 66.9. The first-order chi connectivity index (χ1) is 43.6. The van der Waals surface area contributed by atoms with Crippen molar-refractivity contribution in [2.24, 2.45) is 0 Å². The average molecular weight is 1330 g/mol. The molecule has 0 bridgehead atoms. The summed E-state index contributed by atoms with van der Waals surface area (Å²) in [5, 5.41) is 150. The number of allylic oxidation sites excluding steroid dienone is 6. The molecule has 28 nitrogen and oxygen atoms in total. The molecule has 4 aliphatic rings. The van der Waals surface area contributed by atoms with Crippen LogP contribution in [0.5, 0.6) is 0 Å². The highest BCUT2D eigenvalue weighted by Gasteiger charge is 2.58. The molecule has 4 fully saturated rings. The molecule has 530 valence electrons. The molecule has 0 aromatic heterocycles. The van der Waals surface area contributed by atoms with Crippen molar-refractivity contribution in [3.63, 3.8) is 0 Å². The van der Waals surface area contributed by atoms with E-state index >= 15 is 0 Å². The summed E-state index contributed by atoms with van der Waals surface area (Å²) in [6.07, 6.45) is -10.0. The Hall–Kier alpha value is -2.53. The van der Waals surface area contributed by atoms with Crippen LogP contribution in [0.2, 0.25) is 0 Å². The fraction of sp³-hybridized carbons (Fsp3) is 0.871. The van der Waals surface area contributed by atoms with Gasteiger partial charge in [0.05, 0.1) is 26.4 Å². The maximum Gasteiger partial charge on any atom is 0.472 e. The fourth-order valence-electron chi connectivity index (χ4n) is 10.9. The predicted molar refractivity (Wildman–Crippen MR) is 324 cm³/mol. The molecule has 3 aliphatic heterocycles. The normalized spacial score (nSPS) is 34.2. The van der Waals surface area contributed by atoms with E-state index in [0.29, 0.717) is 19.3 Å². The summed E-state index contributed by atoms with van der Waals surface area (Å²) in [6.45, 7) is -0.0417. The van der Waals surface area contributed by atoms with Crippen molar-refractivity contribution in [2.45, 2.75) is 309 Å². The minimum Gasteiger partial charge on any atom is -0.462 e. The third kappa shape index (κ3) is 27.9. The Morgan fingerprint density at radius 1 is 0.440 bits per heavy atom. The number of aliphatic hydroxyl groups is 14. The summed E-state index contributed by atoms with van der Waals surface area (Å²) in [4.78, 5) is 37.9. The number of rotatable bonds is 45. The molecular formula is C62H109O28P. The summed E-state index contributed by atoms with van der Waals surface area (Å²) in [7, 11) is -5.76. The predicted octanol–water partition coefficient (Wildman–Crippen LogP) is 1.70. The van der Waals surface area contributed by atoms with Crippen molar-refractivity contribution in [2.75, 3.05) is 33.0 Å². The Labute approximate surface area is 534 Å². The second kappa shape index (κ2) is 44.3. The van der Waals surface area contributed by atoms with Crippen LogP contribution in [0.3, 0.4) is 0 Å². The molecule has 29 heteroatoms. The van der Waals surface area contributed by atoms with E-state index < -0.39 is 188 Å². The van der Waals surface area contributed by atoms with Crippen molar-refractivity contribution < 1.29 is 137 Å². The van der Waals surface area contributed by atoms with E-state index in [2.05, 4.69) is 50.3 Å². The van der Waals surface area contributed by atoms with Gasteiger partial charge >= 0.3 is 19.8 Å². The standard InChI is InChI=1S/C62H109O28P/c1-3-5-7-9-11-13-15-17-18-19-21-22-24-26-28-30-32-43(65)81-36-39(84-44(66)33-31-29-27-25-23-20-16-14-12-10-8-6-4-2)37-83-91(79,80)90-59-57(88-61-55(77)49(71)46(68)41(35-64)86-61)52(74)51(73)53(75)58(59)89-62-56(78)50(72)47(69)42(87-62)38-82-60-54(76)48(70)45(67)40(34-63)85-60/h8,10,14,16,18-19,39-42,45-64,67-78H,3-7,9,11-13,15,17,20-38H2,1-2H3,(H,79,80)/b10-8-,16-14-,19-18-/t39-,40?,41?,42?,45+,46-,47+,48?,49?,50?,51+,52?,53?,54+,55-,56+,57-,58?,59+,60-,61-,62+/m1/s1. The third-order valence-corrected chi connectivity index (χ3v) is 17.5. The Morgan fingerprint density at radius 3 is 1.34 bits per heavy atom. The topological polar surface area (TPSA) is 447 Å². The summed E-state index contributed by atoms with van der Waals surface area (Å²) in [6, 6.07) is 0. The molecule has 3 heterocycles. The van der Waals surface area contributed by atoms with Crippen LogP contribution in [-0.2, 0) is 61.1 Å². The van der Waals surface area contributed by atoms with Crippen LogP contribution < -0.4 is 0 Å². The van der Waals surface area contributed by atoms with Crippen LogP contribution in [-0.4, -0.2) is 256 Å². The van der Waals surface area contributed by atoms with Crippen molar-refractivity contribution in [1.29, 1.82) is 0 Å². The van der Waals surface area contributed by atoms with Gasteiger partial charge in [-0.2, -0.15) is 0 Å². The maximum absolute atomic E-state index is 14.3. The number of ether oxygens (including phenoxy) is 8. The van der Waals surface area contributed by atoms with Crippen LogP contribution in [0.15, 0.2) is 36.5 Å².